The molecule has 3 aromatic carbocycles. The van der Waals surface area contributed by atoms with Gasteiger partial charge >= 0.3 is 0 Å². The number of aromatic nitrogens is 2. The summed E-state index contributed by atoms with van der Waals surface area (Å²) in [4.78, 5) is 42.2. The second-order valence-electron chi connectivity index (χ2n) is 7.04. The Morgan fingerprint density at radius 2 is 1.59 bits per heavy atom. The first kappa shape index (κ1) is 21.3. The molecule has 0 aliphatic heterocycles. The minimum absolute atomic E-state index is 0.0360. The van der Waals surface area contributed by atoms with Gasteiger partial charge in [-0.3, -0.25) is 29.8 Å². The smallest absolute Gasteiger partial charge is 0.269 e. The summed E-state index contributed by atoms with van der Waals surface area (Å²) < 4.78 is 1.50. The average Bonchev–Trinajstić information content (AvgIpc) is 2.82. The highest BCUT2D eigenvalue weighted by Crippen LogP contribution is 2.21. The van der Waals surface area contributed by atoms with Crippen LogP contribution >= 0.6 is 11.8 Å². The van der Waals surface area contributed by atoms with Crippen LogP contribution in [-0.2, 0) is 4.79 Å². The number of hydrogen-bond acceptors (Lipinski definition) is 5. The molecule has 0 spiro atoms. The SMILES string of the molecule is Cc1ccc(-n2c(SCC(=O)NNC(=O)c3ccccc3)nc3ccccc3c2=O)cc1. The van der Waals surface area contributed by atoms with E-state index in [1.54, 1.807) is 48.5 Å². The largest absolute Gasteiger partial charge is 0.272 e. The summed E-state index contributed by atoms with van der Waals surface area (Å²) >= 11 is 1.12. The highest BCUT2D eigenvalue weighted by molar-refractivity contribution is 7.99. The number of para-hydroxylation sites is 1. The van der Waals surface area contributed by atoms with Crippen molar-refractivity contribution in [3.63, 3.8) is 0 Å². The molecule has 0 radical (unpaired) electrons. The molecule has 4 rings (SSSR count). The quantitative estimate of drug-likeness (QED) is 0.280. The number of aryl methyl sites for hydroxylation is 1. The molecule has 2 N–H and O–H groups in total. The highest BCUT2D eigenvalue weighted by atomic mass is 32.2. The maximum atomic E-state index is 13.2. The number of amides is 2. The monoisotopic (exact) mass is 444 g/mol. The number of hydrazine groups is 1. The van der Waals surface area contributed by atoms with E-state index in [0.29, 0.717) is 27.3 Å². The predicted octanol–water partition coefficient (Wildman–Crippen LogP) is 3.25. The molecule has 7 nitrogen and oxygen atoms in total. The van der Waals surface area contributed by atoms with Crippen molar-refractivity contribution < 1.29 is 9.59 Å². The third-order valence-corrected chi connectivity index (χ3v) is 5.66. The molecule has 0 saturated heterocycles. The molecule has 4 aromatic rings. The van der Waals surface area contributed by atoms with Crippen LogP contribution in [0, 0.1) is 6.92 Å². The van der Waals surface area contributed by atoms with Crippen molar-refractivity contribution in [3.8, 4) is 5.69 Å². The second-order valence-corrected chi connectivity index (χ2v) is 7.99. The van der Waals surface area contributed by atoms with E-state index in [1.807, 2.05) is 37.3 Å². The standard InChI is InChI=1S/C24H20N4O3S/c1-16-11-13-18(14-12-16)28-23(31)19-9-5-6-10-20(19)25-24(28)32-15-21(29)26-27-22(30)17-7-3-2-4-8-17/h2-14H,15H2,1H3,(H,26,29)(H,27,30). The van der Waals surface area contributed by atoms with E-state index >= 15 is 0 Å². The summed E-state index contributed by atoms with van der Waals surface area (Å²) in [6, 6.07) is 23.2. The molecule has 0 atom stereocenters. The third-order valence-electron chi connectivity index (χ3n) is 4.72. The molecule has 0 aliphatic carbocycles. The summed E-state index contributed by atoms with van der Waals surface area (Å²) in [5, 5.41) is 0.888. The molecule has 160 valence electrons. The van der Waals surface area contributed by atoms with Crippen molar-refractivity contribution in [1.29, 1.82) is 0 Å². The van der Waals surface area contributed by atoms with Gasteiger partial charge in [-0.25, -0.2) is 4.98 Å². The summed E-state index contributed by atoms with van der Waals surface area (Å²) in [6.07, 6.45) is 0. The topological polar surface area (TPSA) is 93.1 Å². The number of nitrogens with one attached hydrogen (secondary N) is 2. The van der Waals surface area contributed by atoms with Crippen LogP contribution < -0.4 is 16.4 Å². The number of hydrogen-bond donors (Lipinski definition) is 2. The Balaban J connectivity index is 1.55. The summed E-state index contributed by atoms with van der Waals surface area (Å²) in [7, 11) is 0. The lowest BCUT2D eigenvalue weighted by Gasteiger charge is -2.13. The molecular weight excluding hydrogens is 424 g/mol. The molecule has 1 heterocycles. The Kier molecular flexibility index (Phi) is 6.32. The summed E-state index contributed by atoms with van der Waals surface area (Å²) in [5.41, 5.74) is 7.30. The fraction of sp³-hybridized carbons (Fsp3) is 0.0833. The lowest BCUT2D eigenvalue weighted by Crippen LogP contribution is -2.42. The van der Waals surface area contributed by atoms with Gasteiger partial charge in [0.25, 0.3) is 11.5 Å². The number of thioether (sulfide) groups is 1. The van der Waals surface area contributed by atoms with E-state index < -0.39 is 11.8 Å². The molecule has 0 saturated carbocycles. The zero-order valence-electron chi connectivity index (χ0n) is 17.2. The van der Waals surface area contributed by atoms with E-state index in [-0.39, 0.29) is 11.3 Å². The normalized spacial score (nSPS) is 10.7. The number of nitrogens with zero attached hydrogens (tertiary/aromatic N) is 2. The van der Waals surface area contributed by atoms with Gasteiger partial charge in [0.05, 0.1) is 22.3 Å². The molecule has 8 heteroatoms. The van der Waals surface area contributed by atoms with Crippen molar-refractivity contribution in [1.82, 2.24) is 20.4 Å². The van der Waals surface area contributed by atoms with Gasteiger partial charge in [0.15, 0.2) is 5.16 Å². The van der Waals surface area contributed by atoms with Gasteiger partial charge in [0, 0.05) is 5.56 Å². The lowest BCUT2D eigenvalue weighted by atomic mass is 10.2. The Hall–Kier alpha value is -3.91. The van der Waals surface area contributed by atoms with Crippen LogP contribution in [0.1, 0.15) is 15.9 Å². The third kappa shape index (κ3) is 4.70. The molecule has 0 unspecified atom stereocenters. The van der Waals surface area contributed by atoms with Gasteiger partial charge in [-0.1, -0.05) is 59.8 Å². The van der Waals surface area contributed by atoms with Gasteiger partial charge in [0.2, 0.25) is 5.91 Å². The molecule has 0 fully saturated rings. The summed E-state index contributed by atoms with van der Waals surface area (Å²) in [5.74, 6) is -0.868. The molecular formula is C24H20N4O3S. The molecule has 1 aromatic heterocycles. The van der Waals surface area contributed by atoms with Crippen LogP contribution in [-0.4, -0.2) is 27.1 Å². The van der Waals surface area contributed by atoms with E-state index in [0.717, 1.165) is 17.3 Å². The molecule has 0 bridgehead atoms. The Labute approximate surface area is 188 Å². The highest BCUT2D eigenvalue weighted by Gasteiger charge is 2.15. The second kappa shape index (κ2) is 9.49. The van der Waals surface area contributed by atoms with Gasteiger partial charge in [0.1, 0.15) is 0 Å². The maximum Gasteiger partial charge on any atom is 0.269 e. The van der Waals surface area contributed by atoms with Crippen LogP contribution in [0.2, 0.25) is 0 Å². The number of fused-ring (bicyclic) bond motifs is 1. The first-order chi connectivity index (χ1) is 15.5. The predicted molar refractivity (Wildman–Crippen MR) is 125 cm³/mol. The van der Waals surface area contributed by atoms with Gasteiger partial charge < -0.3 is 0 Å². The number of benzene rings is 3. The fourth-order valence-electron chi connectivity index (χ4n) is 3.09. The number of carbonyl (C=O) groups excluding carboxylic acids is 2. The first-order valence-corrected chi connectivity index (χ1v) is 10.9. The van der Waals surface area contributed by atoms with Gasteiger partial charge in [-0.2, -0.15) is 0 Å². The Bertz CT molecular complexity index is 1340. The molecule has 32 heavy (non-hydrogen) atoms. The zero-order chi connectivity index (χ0) is 22.5. The van der Waals surface area contributed by atoms with Crippen LogP contribution in [0.3, 0.4) is 0 Å². The van der Waals surface area contributed by atoms with E-state index in [1.165, 1.54) is 4.57 Å². The van der Waals surface area contributed by atoms with Crippen LogP contribution in [0.15, 0.2) is 88.8 Å². The van der Waals surface area contributed by atoms with Crippen LogP contribution in [0.25, 0.3) is 16.6 Å². The van der Waals surface area contributed by atoms with Crippen molar-refractivity contribution in [3.05, 3.63) is 100 Å². The average molecular weight is 445 g/mol. The van der Waals surface area contributed by atoms with Crippen molar-refractivity contribution in [2.24, 2.45) is 0 Å². The van der Waals surface area contributed by atoms with E-state index in [2.05, 4.69) is 15.8 Å². The van der Waals surface area contributed by atoms with Crippen LogP contribution in [0.4, 0.5) is 0 Å². The van der Waals surface area contributed by atoms with Crippen LogP contribution in [0.5, 0.6) is 0 Å². The molecule has 2 amide bonds. The van der Waals surface area contributed by atoms with Crippen molar-refractivity contribution in [2.45, 2.75) is 12.1 Å². The lowest BCUT2D eigenvalue weighted by molar-refractivity contribution is -0.119. The van der Waals surface area contributed by atoms with Gasteiger partial charge in [-0.15, -0.1) is 0 Å². The summed E-state index contributed by atoms with van der Waals surface area (Å²) in [6.45, 7) is 1.97. The zero-order valence-corrected chi connectivity index (χ0v) is 18.1. The first-order valence-electron chi connectivity index (χ1n) is 9.89. The fourth-order valence-corrected chi connectivity index (χ4v) is 3.90. The minimum atomic E-state index is -0.419. The van der Waals surface area contributed by atoms with Crippen molar-refractivity contribution >= 4 is 34.5 Å². The minimum Gasteiger partial charge on any atom is -0.272 e. The Morgan fingerprint density at radius 3 is 2.34 bits per heavy atom. The number of rotatable bonds is 5. The molecule has 0 aliphatic rings. The maximum absolute atomic E-state index is 13.2. The van der Waals surface area contributed by atoms with Crippen molar-refractivity contribution in [2.75, 3.05) is 5.75 Å². The Morgan fingerprint density at radius 1 is 0.906 bits per heavy atom. The number of carbonyl (C=O) groups is 2. The van der Waals surface area contributed by atoms with E-state index in [9.17, 15) is 14.4 Å². The van der Waals surface area contributed by atoms with E-state index in [4.69, 9.17) is 0 Å². The van der Waals surface area contributed by atoms with Gasteiger partial charge in [-0.05, 0) is 43.3 Å².